The monoisotopic (exact) mass is 271 g/mol. The zero-order valence-electron chi connectivity index (χ0n) is 11.6. The third-order valence-corrected chi connectivity index (χ3v) is 4.08. The quantitative estimate of drug-likeness (QED) is 0.907. The molecule has 1 aliphatic heterocycles. The van der Waals surface area contributed by atoms with Gasteiger partial charge in [0.05, 0.1) is 5.69 Å². The van der Waals surface area contributed by atoms with Gasteiger partial charge in [-0.3, -0.25) is 0 Å². The lowest BCUT2D eigenvalue weighted by atomic mass is 10.0. The van der Waals surface area contributed by atoms with Gasteiger partial charge in [0.15, 0.2) is 5.82 Å². The standard InChI is InChI=1S/C15H17N3O2/c1-9-7-8-18(13(9)15(19)20)14-12-6-4-3-5-11(12)10(2)16-17-14/h3-6,9,13H,7-8H2,1-2H3,(H,19,20). The highest BCUT2D eigenvalue weighted by atomic mass is 16.4. The van der Waals surface area contributed by atoms with E-state index in [2.05, 4.69) is 10.2 Å². The summed E-state index contributed by atoms with van der Waals surface area (Å²) in [6.07, 6.45) is 0.862. The molecule has 1 aromatic carbocycles. The molecule has 1 saturated heterocycles. The first kappa shape index (κ1) is 12.8. The van der Waals surface area contributed by atoms with E-state index in [4.69, 9.17) is 0 Å². The first-order valence-corrected chi connectivity index (χ1v) is 6.81. The Morgan fingerprint density at radius 1 is 1.30 bits per heavy atom. The van der Waals surface area contributed by atoms with E-state index >= 15 is 0 Å². The number of aliphatic carboxylic acids is 1. The van der Waals surface area contributed by atoms with Crippen LogP contribution in [0.4, 0.5) is 5.82 Å². The highest BCUT2D eigenvalue weighted by Crippen LogP contribution is 2.33. The van der Waals surface area contributed by atoms with Crippen molar-refractivity contribution in [1.82, 2.24) is 10.2 Å². The van der Waals surface area contributed by atoms with E-state index in [1.807, 2.05) is 43.0 Å². The summed E-state index contributed by atoms with van der Waals surface area (Å²) in [5, 5.41) is 19.9. The van der Waals surface area contributed by atoms with Gasteiger partial charge in [-0.15, -0.1) is 5.10 Å². The maximum atomic E-state index is 11.5. The van der Waals surface area contributed by atoms with Gasteiger partial charge in [-0.05, 0) is 19.3 Å². The van der Waals surface area contributed by atoms with E-state index in [-0.39, 0.29) is 5.92 Å². The van der Waals surface area contributed by atoms with Crippen molar-refractivity contribution in [3.05, 3.63) is 30.0 Å². The van der Waals surface area contributed by atoms with Gasteiger partial charge in [0.25, 0.3) is 0 Å². The van der Waals surface area contributed by atoms with Crippen LogP contribution in [0.3, 0.4) is 0 Å². The van der Waals surface area contributed by atoms with Gasteiger partial charge in [-0.1, -0.05) is 31.2 Å². The van der Waals surface area contributed by atoms with Crippen LogP contribution in [0.25, 0.3) is 10.8 Å². The van der Waals surface area contributed by atoms with Gasteiger partial charge >= 0.3 is 5.97 Å². The highest BCUT2D eigenvalue weighted by Gasteiger charge is 2.38. The molecule has 0 spiro atoms. The average Bonchev–Trinajstić information content (AvgIpc) is 2.81. The zero-order valence-corrected chi connectivity index (χ0v) is 11.6. The van der Waals surface area contributed by atoms with Crippen molar-refractivity contribution in [2.45, 2.75) is 26.3 Å². The van der Waals surface area contributed by atoms with Crippen molar-refractivity contribution in [2.75, 3.05) is 11.4 Å². The van der Waals surface area contributed by atoms with Crippen molar-refractivity contribution < 1.29 is 9.90 Å². The number of benzene rings is 1. The highest BCUT2D eigenvalue weighted by molar-refractivity contribution is 5.95. The molecular formula is C15H17N3O2. The summed E-state index contributed by atoms with van der Waals surface area (Å²) in [7, 11) is 0. The predicted molar refractivity (Wildman–Crippen MR) is 76.8 cm³/mol. The molecule has 0 amide bonds. The molecule has 2 unspecified atom stereocenters. The minimum Gasteiger partial charge on any atom is -0.480 e. The van der Waals surface area contributed by atoms with Crippen LogP contribution in [0.1, 0.15) is 19.0 Å². The second-order valence-corrected chi connectivity index (χ2v) is 5.40. The molecule has 0 radical (unpaired) electrons. The lowest BCUT2D eigenvalue weighted by molar-refractivity contribution is -0.139. The van der Waals surface area contributed by atoms with Crippen LogP contribution in [0, 0.1) is 12.8 Å². The zero-order chi connectivity index (χ0) is 14.3. The summed E-state index contributed by atoms with van der Waals surface area (Å²) >= 11 is 0. The van der Waals surface area contributed by atoms with E-state index in [0.717, 1.165) is 22.9 Å². The molecule has 1 N–H and O–H groups in total. The van der Waals surface area contributed by atoms with E-state index < -0.39 is 12.0 Å². The van der Waals surface area contributed by atoms with E-state index in [0.29, 0.717) is 12.4 Å². The Bertz CT molecular complexity index is 671. The topological polar surface area (TPSA) is 66.3 Å². The maximum Gasteiger partial charge on any atom is 0.326 e. The van der Waals surface area contributed by atoms with Crippen LogP contribution in [-0.4, -0.2) is 33.9 Å². The fourth-order valence-corrected chi connectivity index (χ4v) is 3.00. The minimum absolute atomic E-state index is 0.120. The molecule has 0 aliphatic carbocycles. The lowest BCUT2D eigenvalue weighted by Gasteiger charge is -2.25. The Balaban J connectivity index is 2.15. The normalized spacial score (nSPS) is 22.4. The number of fused-ring (bicyclic) bond motifs is 1. The molecule has 2 heterocycles. The van der Waals surface area contributed by atoms with Crippen LogP contribution in [-0.2, 0) is 4.79 Å². The Morgan fingerprint density at radius 2 is 2.00 bits per heavy atom. The van der Waals surface area contributed by atoms with Gasteiger partial charge in [-0.25, -0.2) is 4.79 Å². The summed E-state index contributed by atoms with van der Waals surface area (Å²) in [6, 6.07) is 7.37. The maximum absolute atomic E-state index is 11.5. The second-order valence-electron chi connectivity index (χ2n) is 5.40. The molecule has 0 bridgehead atoms. The van der Waals surface area contributed by atoms with Crippen LogP contribution in [0.5, 0.6) is 0 Å². The van der Waals surface area contributed by atoms with Gasteiger partial charge in [-0.2, -0.15) is 5.10 Å². The average molecular weight is 271 g/mol. The number of carboxylic acid groups (broad SMARTS) is 1. The molecule has 5 nitrogen and oxygen atoms in total. The van der Waals surface area contributed by atoms with Crippen molar-refractivity contribution in [2.24, 2.45) is 5.92 Å². The van der Waals surface area contributed by atoms with Crippen LogP contribution >= 0.6 is 0 Å². The summed E-state index contributed by atoms with van der Waals surface area (Å²) in [5.74, 6) is 0.0128. The summed E-state index contributed by atoms with van der Waals surface area (Å²) in [4.78, 5) is 13.4. The number of rotatable bonds is 2. The first-order valence-electron chi connectivity index (χ1n) is 6.81. The minimum atomic E-state index is -0.790. The number of hydrogen-bond acceptors (Lipinski definition) is 4. The lowest BCUT2D eigenvalue weighted by Crippen LogP contribution is -2.39. The summed E-state index contributed by atoms with van der Waals surface area (Å²) in [5.41, 5.74) is 0.864. The first-order chi connectivity index (χ1) is 9.59. The number of hydrogen-bond donors (Lipinski definition) is 1. The Kier molecular flexibility index (Phi) is 3.04. The van der Waals surface area contributed by atoms with Crippen molar-refractivity contribution in [3.8, 4) is 0 Å². The van der Waals surface area contributed by atoms with Crippen LogP contribution < -0.4 is 4.90 Å². The largest absolute Gasteiger partial charge is 0.480 e. The molecule has 20 heavy (non-hydrogen) atoms. The third kappa shape index (κ3) is 1.90. The third-order valence-electron chi connectivity index (χ3n) is 4.08. The van der Waals surface area contributed by atoms with E-state index in [9.17, 15) is 9.90 Å². The van der Waals surface area contributed by atoms with Crippen molar-refractivity contribution >= 4 is 22.6 Å². The van der Waals surface area contributed by atoms with Gasteiger partial charge in [0.1, 0.15) is 6.04 Å². The molecule has 2 atom stereocenters. The molecular weight excluding hydrogens is 254 g/mol. The van der Waals surface area contributed by atoms with E-state index in [1.165, 1.54) is 0 Å². The molecule has 1 fully saturated rings. The number of anilines is 1. The fraction of sp³-hybridized carbons (Fsp3) is 0.400. The predicted octanol–water partition coefficient (Wildman–Crippen LogP) is 2.24. The summed E-state index contributed by atoms with van der Waals surface area (Å²) < 4.78 is 0. The van der Waals surface area contributed by atoms with Crippen molar-refractivity contribution in [3.63, 3.8) is 0 Å². The second kappa shape index (κ2) is 4.74. The molecule has 1 aliphatic rings. The molecule has 2 aromatic rings. The SMILES string of the molecule is Cc1nnc(N2CCC(C)C2C(=O)O)c2ccccc12. The molecule has 1 aromatic heterocycles. The molecule has 104 valence electrons. The Hall–Kier alpha value is -2.17. The molecule has 5 heteroatoms. The van der Waals surface area contributed by atoms with Crippen LogP contribution in [0.2, 0.25) is 0 Å². The smallest absolute Gasteiger partial charge is 0.326 e. The number of nitrogens with zero attached hydrogens (tertiary/aromatic N) is 3. The molecule has 3 rings (SSSR count). The van der Waals surface area contributed by atoms with Crippen molar-refractivity contribution in [1.29, 1.82) is 0 Å². The van der Waals surface area contributed by atoms with Crippen LogP contribution in [0.15, 0.2) is 24.3 Å². The summed E-state index contributed by atoms with van der Waals surface area (Å²) in [6.45, 7) is 4.60. The number of aromatic nitrogens is 2. The van der Waals surface area contributed by atoms with Gasteiger partial charge in [0, 0.05) is 17.3 Å². The fourth-order valence-electron chi connectivity index (χ4n) is 3.00. The number of carboxylic acids is 1. The Morgan fingerprint density at radius 3 is 2.70 bits per heavy atom. The Labute approximate surface area is 117 Å². The number of aryl methyl sites for hydroxylation is 1. The van der Waals surface area contributed by atoms with E-state index in [1.54, 1.807) is 0 Å². The molecule has 0 saturated carbocycles. The number of carbonyl (C=O) groups is 1. The van der Waals surface area contributed by atoms with Gasteiger partial charge < -0.3 is 10.0 Å². The van der Waals surface area contributed by atoms with Gasteiger partial charge in [0.2, 0.25) is 0 Å².